The molecule has 0 saturated heterocycles. The minimum Gasteiger partial charge on any atom is -0.462 e. The van der Waals surface area contributed by atoms with Gasteiger partial charge in [0.1, 0.15) is 6.10 Å². The predicted octanol–water partition coefficient (Wildman–Crippen LogP) is 5.27. The average molecular weight is 372 g/mol. The molecule has 0 radical (unpaired) electrons. The normalized spacial score (nSPS) is 43.8. The average Bonchev–Trinajstić information content (AvgIpc) is 2.98. The Morgan fingerprint density at radius 2 is 1.85 bits per heavy atom. The van der Waals surface area contributed by atoms with Gasteiger partial charge in [-0.25, -0.2) is 0 Å². The summed E-state index contributed by atoms with van der Waals surface area (Å²) in [5, 5.41) is 12.8. The lowest BCUT2D eigenvalue weighted by Crippen LogP contribution is -2.50. The number of esters is 1. The van der Waals surface area contributed by atoms with Gasteiger partial charge in [-0.05, 0) is 79.6 Å². The summed E-state index contributed by atoms with van der Waals surface area (Å²) in [6.07, 6.45) is 12.6. The van der Waals surface area contributed by atoms with E-state index in [4.69, 9.17) is 4.74 Å². The van der Waals surface area contributed by atoms with Gasteiger partial charge in [-0.3, -0.25) is 4.79 Å². The van der Waals surface area contributed by atoms with E-state index in [9.17, 15) is 10.0 Å². The van der Waals surface area contributed by atoms with Crippen LogP contribution in [0, 0.1) is 28.6 Å². The molecule has 2 fully saturated rings. The topological polar surface area (TPSA) is 58.9 Å². The second kappa shape index (κ2) is 6.49. The molecule has 6 unspecified atom stereocenters. The molecule has 2 saturated carbocycles. The van der Waals surface area contributed by atoms with Crippen molar-refractivity contribution in [2.24, 2.45) is 33.7 Å². The second-order valence-electron chi connectivity index (χ2n) is 9.73. The van der Waals surface area contributed by atoms with E-state index in [0.29, 0.717) is 17.8 Å². The highest BCUT2D eigenvalue weighted by atomic mass is 16.5. The Hall–Kier alpha value is -1.58. The maximum Gasteiger partial charge on any atom is 0.302 e. The summed E-state index contributed by atoms with van der Waals surface area (Å²) < 4.78 is 5.53. The van der Waals surface area contributed by atoms with Gasteiger partial charge in [0.25, 0.3) is 0 Å². The Kier molecular flexibility index (Phi) is 4.51. The van der Waals surface area contributed by atoms with Crippen LogP contribution in [0.3, 0.4) is 0 Å². The fourth-order valence-corrected chi connectivity index (χ4v) is 7.14. The minimum absolute atomic E-state index is 0.0652. The summed E-state index contributed by atoms with van der Waals surface area (Å²) >= 11 is 0. The van der Waals surface area contributed by atoms with Crippen LogP contribution in [-0.2, 0) is 9.53 Å². The largest absolute Gasteiger partial charge is 0.462 e. The summed E-state index contributed by atoms with van der Waals surface area (Å²) in [5.74, 6) is 1.90. The SMILES string of the molecule is CC(=O)OC1CCC2(C)C(=CCC3C2CCC2(C)C(C(C)=NO)=CCC32)C1. The van der Waals surface area contributed by atoms with Crippen LogP contribution in [0.1, 0.15) is 72.6 Å². The highest BCUT2D eigenvalue weighted by molar-refractivity contribution is 5.99. The number of oxime groups is 1. The zero-order valence-corrected chi connectivity index (χ0v) is 17.1. The van der Waals surface area contributed by atoms with Crippen LogP contribution < -0.4 is 0 Å². The van der Waals surface area contributed by atoms with Crippen molar-refractivity contribution >= 4 is 11.7 Å². The lowest BCUT2D eigenvalue weighted by molar-refractivity contribution is -0.148. The molecule has 0 amide bonds. The van der Waals surface area contributed by atoms with Crippen LogP contribution in [0.25, 0.3) is 0 Å². The first-order valence-electron chi connectivity index (χ1n) is 10.6. The van der Waals surface area contributed by atoms with Crippen LogP contribution in [-0.4, -0.2) is 23.0 Å². The molecule has 4 aliphatic rings. The molecule has 6 atom stereocenters. The number of fused-ring (bicyclic) bond motifs is 5. The lowest BCUT2D eigenvalue weighted by atomic mass is 9.47. The summed E-state index contributed by atoms with van der Waals surface area (Å²) in [4.78, 5) is 11.4. The number of nitrogens with zero attached hydrogens (tertiary/aromatic N) is 1. The van der Waals surface area contributed by atoms with Gasteiger partial charge in [-0.2, -0.15) is 0 Å². The number of carbonyl (C=O) groups excluding carboxylic acids is 1. The summed E-state index contributed by atoms with van der Waals surface area (Å²) in [6.45, 7) is 8.30. The van der Waals surface area contributed by atoms with Gasteiger partial charge in [0, 0.05) is 13.3 Å². The first-order valence-corrected chi connectivity index (χ1v) is 10.6. The van der Waals surface area contributed by atoms with E-state index in [2.05, 4.69) is 31.2 Å². The van der Waals surface area contributed by atoms with Crippen molar-refractivity contribution in [3.05, 3.63) is 23.3 Å². The van der Waals surface area contributed by atoms with E-state index in [0.717, 1.165) is 37.8 Å². The molecule has 4 aliphatic carbocycles. The van der Waals surface area contributed by atoms with Gasteiger partial charge in [0.2, 0.25) is 0 Å². The van der Waals surface area contributed by atoms with Gasteiger partial charge in [0.15, 0.2) is 0 Å². The smallest absolute Gasteiger partial charge is 0.302 e. The zero-order chi connectivity index (χ0) is 19.4. The number of carbonyl (C=O) groups is 1. The van der Waals surface area contributed by atoms with Gasteiger partial charge >= 0.3 is 5.97 Å². The Morgan fingerprint density at radius 3 is 2.56 bits per heavy atom. The van der Waals surface area contributed by atoms with Gasteiger partial charge in [-0.15, -0.1) is 0 Å². The highest BCUT2D eigenvalue weighted by Gasteiger charge is 2.57. The van der Waals surface area contributed by atoms with Crippen molar-refractivity contribution in [3.8, 4) is 0 Å². The van der Waals surface area contributed by atoms with Crippen LogP contribution >= 0.6 is 0 Å². The molecular formula is C23H33NO3. The number of hydrogen-bond donors (Lipinski definition) is 1. The van der Waals surface area contributed by atoms with E-state index >= 15 is 0 Å². The molecule has 0 spiro atoms. The maximum atomic E-state index is 11.4. The summed E-state index contributed by atoms with van der Waals surface area (Å²) in [7, 11) is 0. The van der Waals surface area contributed by atoms with E-state index in [-0.39, 0.29) is 22.9 Å². The quantitative estimate of drug-likeness (QED) is 0.237. The first kappa shape index (κ1) is 18.8. The van der Waals surface area contributed by atoms with E-state index in [1.165, 1.54) is 30.9 Å². The Morgan fingerprint density at radius 1 is 1.11 bits per heavy atom. The molecular weight excluding hydrogens is 338 g/mol. The molecule has 0 heterocycles. The van der Waals surface area contributed by atoms with Crippen LogP contribution in [0.4, 0.5) is 0 Å². The predicted molar refractivity (Wildman–Crippen MR) is 106 cm³/mol. The van der Waals surface area contributed by atoms with Crippen molar-refractivity contribution in [1.29, 1.82) is 0 Å². The van der Waals surface area contributed by atoms with Gasteiger partial charge in [-0.1, -0.05) is 36.7 Å². The number of rotatable bonds is 2. The molecule has 0 aromatic rings. The van der Waals surface area contributed by atoms with Crippen LogP contribution in [0.2, 0.25) is 0 Å². The van der Waals surface area contributed by atoms with E-state index in [1.54, 1.807) is 0 Å². The molecule has 27 heavy (non-hydrogen) atoms. The van der Waals surface area contributed by atoms with Crippen molar-refractivity contribution in [2.75, 3.05) is 0 Å². The highest BCUT2D eigenvalue weighted by Crippen LogP contribution is 2.65. The molecule has 0 aliphatic heterocycles. The third-order valence-corrected chi connectivity index (χ3v) is 8.51. The minimum atomic E-state index is -0.156. The van der Waals surface area contributed by atoms with E-state index in [1.807, 2.05) is 6.92 Å². The monoisotopic (exact) mass is 371 g/mol. The second-order valence-corrected chi connectivity index (χ2v) is 9.73. The molecule has 0 aromatic heterocycles. The molecule has 0 aromatic carbocycles. The molecule has 0 bridgehead atoms. The third kappa shape index (κ3) is 2.78. The summed E-state index contributed by atoms with van der Waals surface area (Å²) in [5.41, 5.74) is 3.99. The van der Waals surface area contributed by atoms with Crippen LogP contribution in [0.15, 0.2) is 28.5 Å². The molecule has 148 valence electrons. The molecule has 4 nitrogen and oxygen atoms in total. The van der Waals surface area contributed by atoms with Crippen molar-refractivity contribution in [3.63, 3.8) is 0 Å². The maximum absolute atomic E-state index is 11.4. The standard InChI is InChI=1S/C23H33NO3/c1-14(24-26)19-7-8-20-18-6-5-16-13-17(27-15(2)25)9-11-22(16,3)21(18)10-12-23(19,20)4/h5,7,17-18,20-21,26H,6,8-13H2,1-4H3. The van der Waals surface area contributed by atoms with Crippen molar-refractivity contribution in [1.82, 2.24) is 0 Å². The van der Waals surface area contributed by atoms with Crippen LogP contribution in [0.5, 0.6) is 0 Å². The fraction of sp³-hybridized carbons (Fsp3) is 0.739. The fourth-order valence-electron chi connectivity index (χ4n) is 7.14. The number of allylic oxidation sites excluding steroid dienone is 3. The Labute approximate surface area is 162 Å². The number of ether oxygens (including phenoxy) is 1. The molecule has 4 rings (SSSR count). The van der Waals surface area contributed by atoms with Gasteiger partial charge < -0.3 is 9.94 Å². The lowest BCUT2D eigenvalue weighted by Gasteiger charge is -2.57. The van der Waals surface area contributed by atoms with Crippen molar-refractivity contribution < 1.29 is 14.7 Å². The van der Waals surface area contributed by atoms with Crippen molar-refractivity contribution in [2.45, 2.75) is 78.7 Å². The number of hydrogen-bond acceptors (Lipinski definition) is 4. The summed E-state index contributed by atoms with van der Waals surface area (Å²) in [6, 6.07) is 0. The zero-order valence-electron chi connectivity index (χ0n) is 17.1. The Bertz CT molecular complexity index is 736. The third-order valence-electron chi connectivity index (χ3n) is 8.51. The molecule has 1 N–H and O–H groups in total. The molecule has 4 heteroatoms. The van der Waals surface area contributed by atoms with E-state index < -0.39 is 0 Å². The first-order chi connectivity index (χ1) is 12.8. The Balaban J connectivity index is 1.59. The van der Waals surface area contributed by atoms with Gasteiger partial charge in [0.05, 0.1) is 5.71 Å².